The number of ether oxygens (including phenoxy) is 5. The number of hydrogen-bond donors (Lipinski definition) is 0. The molecular weight excluding hydrogens is 376 g/mol. The Hall–Kier alpha value is -3.22. The molecule has 0 saturated carbocycles. The first-order valence-electron chi connectivity index (χ1n) is 9.44. The lowest BCUT2D eigenvalue weighted by atomic mass is 9.81. The average molecular weight is 396 g/mol. The topological polar surface area (TPSA) is 80.3 Å². The summed E-state index contributed by atoms with van der Waals surface area (Å²) in [7, 11) is 3.10. The zero-order chi connectivity index (χ0) is 20.3. The maximum atomic E-state index is 13.5. The molecule has 3 aliphatic heterocycles. The summed E-state index contributed by atoms with van der Waals surface area (Å²) >= 11 is 0. The molecule has 0 saturated heterocycles. The van der Waals surface area contributed by atoms with Crippen LogP contribution in [0.2, 0.25) is 0 Å². The predicted octanol–water partition coefficient (Wildman–Crippen LogP) is 2.72. The minimum atomic E-state index is -0.534. The SMILES string of the molecule is COc1cc2c(cc1OC)[C@@H]1C(=O)c3ccc4c(c3O[C@@H]1CO2)C[C@@H](C(C)=O)O4. The van der Waals surface area contributed by atoms with Crippen LogP contribution in [-0.2, 0) is 11.2 Å². The predicted molar refractivity (Wildman–Crippen MR) is 102 cm³/mol. The van der Waals surface area contributed by atoms with Gasteiger partial charge < -0.3 is 23.7 Å². The van der Waals surface area contributed by atoms with Crippen LogP contribution in [0.25, 0.3) is 0 Å². The molecule has 0 spiro atoms. The molecular formula is C22H20O7. The van der Waals surface area contributed by atoms with Crippen molar-refractivity contribution < 1.29 is 33.3 Å². The Morgan fingerprint density at radius 1 is 1.07 bits per heavy atom. The second-order valence-corrected chi connectivity index (χ2v) is 7.39. The van der Waals surface area contributed by atoms with E-state index in [4.69, 9.17) is 23.7 Å². The molecule has 0 bridgehead atoms. The van der Waals surface area contributed by atoms with Crippen LogP contribution in [0, 0.1) is 0 Å². The van der Waals surface area contributed by atoms with E-state index in [0.29, 0.717) is 46.3 Å². The second kappa shape index (κ2) is 6.40. The van der Waals surface area contributed by atoms with Crippen molar-refractivity contribution in [3.05, 3.63) is 41.0 Å². The molecule has 0 amide bonds. The van der Waals surface area contributed by atoms with E-state index in [1.807, 2.05) is 0 Å². The smallest absolute Gasteiger partial charge is 0.178 e. The molecule has 29 heavy (non-hydrogen) atoms. The summed E-state index contributed by atoms with van der Waals surface area (Å²) in [5, 5.41) is 0. The van der Waals surface area contributed by atoms with Crippen molar-refractivity contribution in [2.75, 3.05) is 20.8 Å². The van der Waals surface area contributed by atoms with Gasteiger partial charge in [-0.15, -0.1) is 0 Å². The first-order chi connectivity index (χ1) is 14.0. The third kappa shape index (κ3) is 2.57. The van der Waals surface area contributed by atoms with Gasteiger partial charge in [-0.2, -0.15) is 0 Å². The molecule has 2 aromatic rings. The third-order valence-corrected chi connectivity index (χ3v) is 5.77. The Morgan fingerprint density at radius 2 is 1.83 bits per heavy atom. The Kier molecular flexibility index (Phi) is 3.94. The highest BCUT2D eigenvalue weighted by atomic mass is 16.5. The van der Waals surface area contributed by atoms with Gasteiger partial charge in [0.05, 0.1) is 25.7 Å². The molecule has 150 valence electrons. The first kappa shape index (κ1) is 17.8. The number of Topliss-reactive ketones (excluding diaryl/α,β-unsaturated/α-hetero) is 2. The Morgan fingerprint density at radius 3 is 2.55 bits per heavy atom. The van der Waals surface area contributed by atoms with Gasteiger partial charge in [-0.25, -0.2) is 0 Å². The van der Waals surface area contributed by atoms with E-state index in [1.54, 1.807) is 38.5 Å². The van der Waals surface area contributed by atoms with Gasteiger partial charge in [-0.1, -0.05) is 0 Å². The number of carbonyl (C=O) groups is 2. The number of benzene rings is 2. The Labute approximate surface area is 167 Å². The first-order valence-corrected chi connectivity index (χ1v) is 9.44. The highest BCUT2D eigenvalue weighted by Crippen LogP contribution is 2.49. The van der Waals surface area contributed by atoms with Gasteiger partial charge in [-0.3, -0.25) is 9.59 Å². The highest BCUT2D eigenvalue weighted by Gasteiger charge is 2.45. The molecule has 0 unspecified atom stereocenters. The number of methoxy groups -OCH3 is 2. The molecule has 5 rings (SSSR count). The summed E-state index contributed by atoms with van der Waals surface area (Å²) in [6, 6.07) is 6.97. The van der Waals surface area contributed by atoms with E-state index < -0.39 is 18.1 Å². The monoisotopic (exact) mass is 396 g/mol. The summed E-state index contributed by atoms with van der Waals surface area (Å²) < 4.78 is 28.6. The summed E-state index contributed by atoms with van der Waals surface area (Å²) in [6.07, 6.45) is -0.600. The van der Waals surface area contributed by atoms with E-state index in [9.17, 15) is 9.59 Å². The average Bonchev–Trinajstić information content (AvgIpc) is 3.17. The van der Waals surface area contributed by atoms with Gasteiger partial charge in [0.2, 0.25) is 0 Å². The molecule has 0 N–H and O–H groups in total. The standard InChI is InChI=1S/C22H20O7/c1-10(23)15-7-13-14(28-15)5-4-11-21(24)20-12-6-17(25-2)18(26-3)8-16(12)27-9-19(20)29-22(11)13/h4-6,8,15,19-20H,7,9H2,1-3H3/t15-,19+,20-/m0/s1. The van der Waals surface area contributed by atoms with Crippen molar-refractivity contribution in [2.24, 2.45) is 0 Å². The third-order valence-electron chi connectivity index (χ3n) is 5.77. The summed E-state index contributed by atoms with van der Waals surface area (Å²) in [5.74, 6) is 2.16. The number of carbonyl (C=O) groups excluding carboxylic acids is 2. The fraction of sp³-hybridized carbons (Fsp3) is 0.364. The van der Waals surface area contributed by atoms with Gasteiger partial charge >= 0.3 is 0 Å². The molecule has 7 heteroatoms. The zero-order valence-electron chi connectivity index (χ0n) is 16.3. The lowest BCUT2D eigenvalue weighted by molar-refractivity contribution is -0.122. The summed E-state index contributed by atoms with van der Waals surface area (Å²) in [4.78, 5) is 25.2. The Bertz CT molecular complexity index is 1040. The van der Waals surface area contributed by atoms with E-state index in [-0.39, 0.29) is 18.2 Å². The molecule has 2 aromatic carbocycles. The van der Waals surface area contributed by atoms with Gasteiger partial charge in [0.25, 0.3) is 0 Å². The van der Waals surface area contributed by atoms with E-state index >= 15 is 0 Å². The van der Waals surface area contributed by atoms with E-state index in [2.05, 4.69) is 0 Å². The molecule has 0 aromatic heterocycles. The zero-order valence-corrected chi connectivity index (χ0v) is 16.3. The minimum absolute atomic E-state index is 0.0397. The summed E-state index contributed by atoms with van der Waals surface area (Å²) in [6.45, 7) is 1.73. The maximum absolute atomic E-state index is 13.5. The molecule has 3 heterocycles. The maximum Gasteiger partial charge on any atom is 0.178 e. The fourth-order valence-electron chi connectivity index (χ4n) is 4.29. The number of rotatable bonds is 3. The quantitative estimate of drug-likeness (QED) is 0.789. The van der Waals surface area contributed by atoms with Gasteiger partial charge in [0.15, 0.2) is 29.2 Å². The molecule has 7 nitrogen and oxygen atoms in total. The molecule has 0 aliphatic carbocycles. The minimum Gasteiger partial charge on any atom is -0.493 e. The normalized spacial score (nSPS) is 23.4. The lowest BCUT2D eigenvalue weighted by Gasteiger charge is -2.37. The van der Waals surface area contributed by atoms with Crippen LogP contribution < -0.4 is 23.7 Å². The van der Waals surface area contributed by atoms with Crippen LogP contribution in [-0.4, -0.2) is 44.6 Å². The number of hydrogen-bond acceptors (Lipinski definition) is 7. The van der Waals surface area contributed by atoms with Crippen LogP contribution in [0.3, 0.4) is 0 Å². The van der Waals surface area contributed by atoms with Crippen molar-refractivity contribution in [3.63, 3.8) is 0 Å². The fourth-order valence-corrected chi connectivity index (χ4v) is 4.29. The lowest BCUT2D eigenvalue weighted by Crippen LogP contribution is -2.43. The van der Waals surface area contributed by atoms with Gasteiger partial charge in [-0.05, 0) is 25.1 Å². The molecule has 0 radical (unpaired) electrons. The van der Waals surface area contributed by atoms with Crippen LogP contribution >= 0.6 is 0 Å². The molecule has 0 fully saturated rings. The van der Waals surface area contributed by atoms with E-state index in [0.717, 1.165) is 5.56 Å². The summed E-state index contributed by atoms with van der Waals surface area (Å²) in [5.41, 5.74) is 1.99. The molecule has 3 atom stereocenters. The highest BCUT2D eigenvalue weighted by molar-refractivity contribution is 6.06. The van der Waals surface area contributed by atoms with Crippen LogP contribution in [0.1, 0.15) is 34.3 Å². The number of ketones is 2. The van der Waals surface area contributed by atoms with Crippen molar-refractivity contribution >= 4 is 11.6 Å². The van der Waals surface area contributed by atoms with Crippen molar-refractivity contribution in [3.8, 4) is 28.7 Å². The van der Waals surface area contributed by atoms with Crippen molar-refractivity contribution in [2.45, 2.75) is 31.5 Å². The largest absolute Gasteiger partial charge is 0.493 e. The van der Waals surface area contributed by atoms with Crippen LogP contribution in [0.4, 0.5) is 0 Å². The van der Waals surface area contributed by atoms with E-state index in [1.165, 1.54) is 6.92 Å². The molecule has 3 aliphatic rings. The second-order valence-electron chi connectivity index (χ2n) is 7.39. The van der Waals surface area contributed by atoms with Gasteiger partial charge in [0.1, 0.15) is 30.0 Å². The van der Waals surface area contributed by atoms with Crippen molar-refractivity contribution in [1.82, 2.24) is 0 Å². The Balaban J connectivity index is 1.58. The van der Waals surface area contributed by atoms with Crippen LogP contribution in [0.15, 0.2) is 24.3 Å². The van der Waals surface area contributed by atoms with Crippen molar-refractivity contribution in [1.29, 1.82) is 0 Å². The van der Waals surface area contributed by atoms with Gasteiger partial charge in [0, 0.05) is 23.6 Å². The number of fused-ring (bicyclic) bond motifs is 6. The van der Waals surface area contributed by atoms with Crippen LogP contribution in [0.5, 0.6) is 28.7 Å².